The average Bonchev–Trinajstić information content (AvgIpc) is 3.15. The summed E-state index contributed by atoms with van der Waals surface area (Å²) in [6.07, 6.45) is 1.81. The standard InChI is InChI=1S/C10H18N4O2/c15-9(13-5-6-13)11-3-1-2-4-12-10(16)14-7-8-14/h1-8H2,(H,11,15)(H,12,16). The van der Waals surface area contributed by atoms with E-state index < -0.39 is 0 Å². The molecule has 6 nitrogen and oxygen atoms in total. The minimum absolute atomic E-state index is 0.0353. The molecule has 0 atom stereocenters. The molecule has 90 valence electrons. The molecule has 2 heterocycles. The molecule has 0 radical (unpaired) electrons. The molecule has 2 saturated heterocycles. The largest absolute Gasteiger partial charge is 0.338 e. The van der Waals surface area contributed by atoms with Gasteiger partial charge in [-0.05, 0) is 12.8 Å². The summed E-state index contributed by atoms with van der Waals surface area (Å²) in [5.41, 5.74) is 0. The van der Waals surface area contributed by atoms with Gasteiger partial charge in [0.2, 0.25) is 0 Å². The minimum Gasteiger partial charge on any atom is -0.338 e. The van der Waals surface area contributed by atoms with Gasteiger partial charge in [0.05, 0.1) is 0 Å². The molecule has 2 N–H and O–H groups in total. The second-order valence-electron chi connectivity index (χ2n) is 4.15. The Hall–Kier alpha value is -1.46. The predicted octanol–water partition coefficient (Wildman–Crippen LogP) is -0.183. The first kappa shape index (κ1) is 11.0. The monoisotopic (exact) mass is 226 g/mol. The highest BCUT2D eigenvalue weighted by Gasteiger charge is 2.23. The highest BCUT2D eigenvalue weighted by molar-refractivity contribution is 5.76. The predicted molar refractivity (Wildman–Crippen MR) is 59.2 cm³/mol. The van der Waals surface area contributed by atoms with E-state index in [9.17, 15) is 9.59 Å². The van der Waals surface area contributed by atoms with Gasteiger partial charge < -0.3 is 20.4 Å². The number of rotatable bonds is 5. The maximum Gasteiger partial charge on any atom is 0.317 e. The summed E-state index contributed by atoms with van der Waals surface area (Å²) in [6.45, 7) is 4.93. The number of hydrogen-bond donors (Lipinski definition) is 2. The van der Waals surface area contributed by atoms with Gasteiger partial charge in [-0.3, -0.25) is 0 Å². The van der Waals surface area contributed by atoms with Gasteiger partial charge in [0.1, 0.15) is 0 Å². The van der Waals surface area contributed by atoms with Crippen molar-refractivity contribution in [2.75, 3.05) is 39.3 Å². The molecule has 2 aliphatic heterocycles. The van der Waals surface area contributed by atoms with Crippen LogP contribution in [0, 0.1) is 0 Å². The van der Waals surface area contributed by atoms with Crippen molar-refractivity contribution >= 4 is 12.1 Å². The summed E-state index contributed by atoms with van der Waals surface area (Å²) in [5.74, 6) is 0. The molecule has 2 rings (SSSR count). The van der Waals surface area contributed by atoms with Crippen molar-refractivity contribution < 1.29 is 9.59 Å². The third kappa shape index (κ3) is 3.60. The van der Waals surface area contributed by atoms with Gasteiger partial charge in [-0.25, -0.2) is 9.59 Å². The quantitative estimate of drug-likeness (QED) is 0.504. The number of carbonyl (C=O) groups is 2. The highest BCUT2D eigenvalue weighted by atomic mass is 16.2. The van der Waals surface area contributed by atoms with Crippen LogP contribution in [0.3, 0.4) is 0 Å². The lowest BCUT2D eigenvalue weighted by Gasteiger charge is -2.07. The van der Waals surface area contributed by atoms with Crippen LogP contribution in [0.2, 0.25) is 0 Å². The summed E-state index contributed by atoms with van der Waals surface area (Å²) < 4.78 is 0. The fourth-order valence-electron chi connectivity index (χ4n) is 1.37. The number of unbranched alkanes of at least 4 members (excludes halogenated alkanes) is 1. The maximum atomic E-state index is 11.2. The zero-order valence-electron chi connectivity index (χ0n) is 9.37. The second-order valence-corrected chi connectivity index (χ2v) is 4.15. The average molecular weight is 226 g/mol. The van der Waals surface area contributed by atoms with Crippen molar-refractivity contribution in [1.29, 1.82) is 0 Å². The van der Waals surface area contributed by atoms with E-state index in [4.69, 9.17) is 0 Å². The van der Waals surface area contributed by atoms with Crippen LogP contribution in [-0.2, 0) is 0 Å². The highest BCUT2D eigenvalue weighted by Crippen LogP contribution is 2.03. The van der Waals surface area contributed by atoms with Crippen LogP contribution >= 0.6 is 0 Å². The van der Waals surface area contributed by atoms with Gasteiger partial charge in [0.15, 0.2) is 0 Å². The Morgan fingerprint density at radius 2 is 1.19 bits per heavy atom. The molecule has 0 bridgehead atoms. The molecule has 0 saturated carbocycles. The summed E-state index contributed by atoms with van der Waals surface area (Å²) in [6, 6.07) is 0.0706. The lowest BCUT2D eigenvalue weighted by Crippen LogP contribution is -2.31. The fourth-order valence-corrected chi connectivity index (χ4v) is 1.37. The first-order valence-electron chi connectivity index (χ1n) is 5.83. The van der Waals surface area contributed by atoms with Crippen molar-refractivity contribution in [3.63, 3.8) is 0 Å². The van der Waals surface area contributed by atoms with E-state index >= 15 is 0 Å². The van der Waals surface area contributed by atoms with Gasteiger partial charge in [0.25, 0.3) is 0 Å². The number of amides is 4. The van der Waals surface area contributed by atoms with E-state index in [0.29, 0.717) is 13.1 Å². The van der Waals surface area contributed by atoms with Crippen LogP contribution in [0.5, 0.6) is 0 Å². The van der Waals surface area contributed by atoms with E-state index in [-0.39, 0.29) is 12.1 Å². The molecule has 0 unspecified atom stereocenters. The van der Waals surface area contributed by atoms with Crippen LogP contribution in [0.1, 0.15) is 12.8 Å². The van der Waals surface area contributed by atoms with Gasteiger partial charge in [-0.15, -0.1) is 0 Å². The van der Waals surface area contributed by atoms with Crippen LogP contribution in [0.25, 0.3) is 0 Å². The normalized spacial score (nSPS) is 17.0. The van der Waals surface area contributed by atoms with E-state index in [1.165, 1.54) is 0 Å². The Bertz CT molecular complexity index is 246. The van der Waals surface area contributed by atoms with Crippen LogP contribution in [0.4, 0.5) is 9.59 Å². The lowest BCUT2D eigenvalue weighted by molar-refractivity contribution is 0.227. The van der Waals surface area contributed by atoms with E-state index in [1.807, 2.05) is 0 Å². The Kier molecular flexibility index (Phi) is 3.48. The van der Waals surface area contributed by atoms with Crippen LogP contribution in [0.15, 0.2) is 0 Å². The van der Waals surface area contributed by atoms with E-state index in [0.717, 1.165) is 39.0 Å². The van der Waals surface area contributed by atoms with Crippen LogP contribution in [-0.4, -0.2) is 61.1 Å². The number of nitrogens with one attached hydrogen (secondary N) is 2. The van der Waals surface area contributed by atoms with Gasteiger partial charge in [-0.2, -0.15) is 0 Å². The molecule has 0 aromatic rings. The number of urea groups is 2. The third-order valence-corrected chi connectivity index (χ3v) is 2.62. The first-order chi connectivity index (χ1) is 7.77. The lowest BCUT2D eigenvalue weighted by atomic mass is 10.3. The molecule has 0 aromatic heterocycles. The van der Waals surface area contributed by atoms with Gasteiger partial charge in [-0.1, -0.05) is 0 Å². The topological polar surface area (TPSA) is 64.2 Å². The van der Waals surface area contributed by atoms with Gasteiger partial charge in [0, 0.05) is 39.3 Å². The smallest absolute Gasteiger partial charge is 0.317 e. The zero-order valence-corrected chi connectivity index (χ0v) is 9.37. The summed E-state index contributed by atoms with van der Waals surface area (Å²) in [5, 5.41) is 5.66. The van der Waals surface area contributed by atoms with E-state index in [2.05, 4.69) is 10.6 Å². The molecule has 0 aromatic carbocycles. The molecule has 0 aliphatic carbocycles. The van der Waals surface area contributed by atoms with Crippen molar-refractivity contribution in [3.8, 4) is 0 Å². The fraction of sp³-hybridized carbons (Fsp3) is 0.800. The Morgan fingerprint density at radius 3 is 1.50 bits per heavy atom. The number of carbonyl (C=O) groups excluding carboxylic acids is 2. The molecule has 4 amide bonds. The van der Waals surface area contributed by atoms with Crippen molar-refractivity contribution in [3.05, 3.63) is 0 Å². The zero-order chi connectivity index (χ0) is 11.4. The number of nitrogens with zero attached hydrogens (tertiary/aromatic N) is 2. The second kappa shape index (κ2) is 5.05. The van der Waals surface area contributed by atoms with Crippen molar-refractivity contribution in [2.24, 2.45) is 0 Å². The van der Waals surface area contributed by atoms with E-state index in [1.54, 1.807) is 9.80 Å². The van der Waals surface area contributed by atoms with Crippen molar-refractivity contribution in [2.45, 2.75) is 12.8 Å². The Labute approximate surface area is 95.0 Å². The third-order valence-electron chi connectivity index (χ3n) is 2.62. The molecule has 6 heteroatoms. The Balaban J connectivity index is 1.39. The first-order valence-corrected chi connectivity index (χ1v) is 5.83. The van der Waals surface area contributed by atoms with Crippen LogP contribution < -0.4 is 10.6 Å². The van der Waals surface area contributed by atoms with Gasteiger partial charge >= 0.3 is 12.1 Å². The minimum atomic E-state index is 0.0353. The molecule has 16 heavy (non-hydrogen) atoms. The summed E-state index contributed by atoms with van der Waals surface area (Å²) >= 11 is 0. The summed E-state index contributed by atoms with van der Waals surface area (Å²) in [4.78, 5) is 25.9. The summed E-state index contributed by atoms with van der Waals surface area (Å²) in [7, 11) is 0. The maximum absolute atomic E-state index is 11.2. The van der Waals surface area contributed by atoms with Crippen molar-refractivity contribution in [1.82, 2.24) is 20.4 Å². The molecular formula is C10H18N4O2. The molecule has 0 spiro atoms. The Morgan fingerprint density at radius 1 is 0.812 bits per heavy atom. The SMILES string of the molecule is O=C(NCCCCNC(=O)N1CC1)N1CC1. The molecule has 2 fully saturated rings. The molecular weight excluding hydrogens is 208 g/mol. The molecule has 2 aliphatic rings. The number of hydrogen-bond acceptors (Lipinski definition) is 2.